The predicted octanol–water partition coefficient (Wildman–Crippen LogP) is 1.77. The Morgan fingerprint density at radius 3 is 2.93 bits per heavy atom. The van der Waals surface area contributed by atoms with E-state index in [0.717, 1.165) is 29.3 Å². The molecule has 3 nitrogen and oxygen atoms in total. The van der Waals surface area contributed by atoms with Crippen LogP contribution in [0.2, 0.25) is 0 Å². The maximum absolute atomic E-state index is 11.5. The van der Waals surface area contributed by atoms with Crippen LogP contribution in [-0.2, 0) is 0 Å². The Balaban J connectivity index is 2.19. The van der Waals surface area contributed by atoms with Gasteiger partial charge in [0, 0.05) is 16.8 Å². The van der Waals surface area contributed by atoms with Crippen molar-refractivity contribution in [2.24, 2.45) is 0 Å². The molecule has 0 unspecified atom stereocenters. The van der Waals surface area contributed by atoms with Gasteiger partial charge >= 0.3 is 0 Å². The lowest BCUT2D eigenvalue weighted by Gasteiger charge is -2.03. The van der Waals surface area contributed by atoms with Crippen molar-refractivity contribution in [3.8, 4) is 0 Å². The van der Waals surface area contributed by atoms with Crippen LogP contribution in [0.4, 0.5) is 0 Å². The smallest absolute Gasteiger partial charge is 0.261 e. The molecule has 0 aliphatic carbocycles. The summed E-state index contributed by atoms with van der Waals surface area (Å²) in [6.45, 7) is 4.70. The highest BCUT2D eigenvalue weighted by atomic mass is 32.1. The molecule has 2 N–H and O–H groups in total. The minimum atomic E-state index is -0.00296. The maximum atomic E-state index is 11.5. The van der Waals surface area contributed by atoms with Crippen LogP contribution in [0.25, 0.3) is 0 Å². The molecule has 0 saturated heterocycles. The summed E-state index contributed by atoms with van der Waals surface area (Å²) in [4.78, 5) is 13.1. The molecule has 0 aliphatic heterocycles. The van der Waals surface area contributed by atoms with Gasteiger partial charge < -0.3 is 10.6 Å². The fourth-order valence-electron chi connectivity index (χ4n) is 1.12. The molecule has 0 spiro atoms. The quantitative estimate of drug-likeness (QED) is 0.527. The Kier molecular flexibility index (Phi) is 5.75. The van der Waals surface area contributed by atoms with Crippen molar-refractivity contribution in [1.82, 2.24) is 10.6 Å². The number of thiophene rings is 1. The van der Waals surface area contributed by atoms with E-state index in [2.05, 4.69) is 30.2 Å². The van der Waals surface area contributed by atoms with E-state index in [1.165, 1.54) is 11.3 Å². The molecule has 0 bridgehead atoms. The van der Waals surface area contributed by atoms with Crippen LogP contribution in [0.3, 0.4) is 0 Å². The summed E-state index contributed by atoms with van der Waals surface area (Å²) < 4.78 is 0. The Labute approximate surface area is 99.7 Å². The third-order valence-corrected chi connectivity index (χ3v) is 3.24. The summed E-state index contributed by atoms with van der Waals surface area (Å²) in [6, 6.07) is 1.79. The van der Waals surface area contributed by atoms with Crippen LogP contribution in [0.5, 0.6) is 0 Å². The van der Waals surface area contributed by atoms with Crippen molar-refractivity contribution in [1.29, 1.82) is 0 Å². The van der Waals surface area contributed by atoms with Crippen molar-refractivity contribution < 1.29 is 4.79 Å². The molecule has 0 saturated carbocycles. The molecule has 0 radical (unpaired) electrons. The SMILES string of the molecule is CCNCCCNC(=O)c1cc(S)cs1. The standard InChI is InChI=1S/C10H16N2OS2/c1-2-11-4-3-5-12-10(13)9-6-8(14)7-15-9/h6-7,11,14H,2-5H2,1H3,(H,12,13). The number of hydrogen-bond acceptors (Lipinski definition) is 4. The molecule has 5 heteroatoms. The number of nitrogens with one attached hydrogen (secondary N) is 2. The highest BCUT2D eigenvalue weighted by Crippen LogP contribution is 2.17. The summed E-state index contributed by atoms with van der Waals surface area (Å²) in [7, 11) is 0. The van der Waals surface area contributed by atoms with E-state index >= 15 is 0 Å². The first-order chi connectivity index (χ1) is 7.24. The third kappa shape index (κ3) is 4.68. The molecule has 1 aromatic heterocycles. The van der Waals surface area contributed by atoms with Crippen LogP contribution >= 0.6 is 24.0 Å². The van der Waals surface area contributed by atoms with Gasteiger partial charge in [0.1, 0.15) is 0 Å². The van der Waals surface area contributed by atoms with Gasteiger partial charge in [0.05, 0.1) is 4.88 Å². The molecular weight excluding hydrogens is 228 g/mol. The number of rotatable bonds is 6. The predicted molar refractivity (Wildman–Crippen MR) is 67.1 cm³/mol. The van der Waals surface area contributed by atoms with E-state index < -0.39 is 0 Å². The largest absolute Gasteiger partial charge is 0.351 e. The van der Waals surface area contributed by atoms with E-state index in [1.807, 2.05) is 5.38 Å². The molecule has 1 heterocycles. The topological polar surface area (TPSA) is 41.1 Å². The van der Waals surface area contributed by atoms with Gasteiger partial charge in [-0.3, -0.25) is 4.79 Å². The molecule has 1 amide bonds. The molecule has 1 aromatic rings. The zero-order valence-electron chi connectivity index (χ0n) is 8.75. The van der Waals surface area contributed by atoms with Gasteiger partial charge in [-0.2, -0.15) is 0 Å². The fraction of sp³-hybridized carbons (Fsp3) is 0.500. The summed E-state index contributed by atoms with van der Waals surface area (Å²) in [6.07, 6.45) is 0.957. The average Bonchev–Trinajstić information content (AvgIpc) is 2.64. The van der Waals surface area contributed by atoms with Crippen molar-refractivity contribution >= 4 is 29.9 Å². The summed E-state index contributed by atoms with van der Waals surface area (Å²) in [5.41, 5.74) is 0. The van der Waals surface area contributed by atoms with Crippen molar-refractivity contribution in [3.05, 3.63) is 16.3 Å². The Morgan fingerprint density at radius 1 is 1.53 bits per heavy atom. The molecule has 15 heavy (non-hydrogen) atoms. The number of carbonyl (C=O) groups is 1. The van der Waals surface area contributed by atoms with Gasteiger partial charge in [0.25, 0.3) is 5.91 Å². The second kappa shape index (κ2) is 6.87. The van der Waals surface area contributed by atoms with Gasteiger partial charge in [-0.05, 0) is 25.6 Å². The van der Waals surface area contributed by atoms with E-state index in [4.69, 9.17) is 0 Å². The number of hydrogen-bond donors (Lipinski definition) is 3. The lowest BCUT2D eigenvalue weighted by molar-refractivity contribution is 0.0957. The molecular formula is C10H16N2OS2. The Morgan fingerprint density at radius 2 is 2.33 bits per heavy atom. The summed E-state index contributed by atoms with van der Waals surface area (Å²) in [5.74, 6) is -0.00296. The molecule has 0 fully saturated rings. The highest BCUT2D eigenvalue weighted by Gasteiger charge is 2.06. The van der Waals surface area contributed by atoms with Crippen molar-refractivity contribution in [2.75, 3.05) is 19.6 Å². The second-order valence-corrected chi connectivity index (χ2v) is 4.56. The summed E-state index contributed by atoms with van der Waals surface area (Å²) >= 11 is 5.58. The summed E-state index contributed by atoms with van der Waals surface area (Å²) in [5, 5.41) is 7.93. The minimum Gasteiger partial charge on any atom is -0.351 e. The van der Waals surface area contributed by atoms with Gasteiger partial charge in [-0.25, -0.2) is 0 Å². The van der Waals surface area contributed by atoms with E-state index in [9.17, 15) is 4.79 Å². The van der Waals surface area contributed by atoms with Gasteiger partial charge in [-0.1, -0.05) is 6.92 Å². The lowest BCUT2D eigenvalue weighted by atomic mass is 10.4. The lowest BCUT2D eigenvalue weighted by Crippen LogP contribution is -2.26. The van der Waals surface area contributed by atoms with E-state index in [0.29, 0.717) is 6.54 Å². The van der Waals surface area contributed by atoms with Gasteiger partial charge in [0.2, 0.25) is 0 Å². The van der Waals surface area contributed by atoms with Crippen LogP contribution in [0.1, 0.15) is 23.0 Å². The maximum Gasteiger partial charge on any atom is 0.261 e. The molecule has 84 valence electrons. The van der Waals surface area contributed by atoms with Crippen LogP contribution in [0, 0.1) is 0 Å². The molecule has 0 aromatic carbocycles. The van der Waals surface area contributed by atoms with Gasteiger partial charge in [-0.15, -0.1) is 24.0 Å². The van der Waals surface area contributed by atoms with E-state index in [1.54, 1.807) is 6.07 Å². The normalized spacial score (nSPS) is 10.3. The Hall–Kier alpha value is -0.520. The molecule has 0 aliphatic rings. The number of thiol groups is 1. The first-order valence-corrected chi connectivity index (χ1v) is 6.33. The minimum absolute atomic E-state index is 0.00296. The fourth-order valence-corrected chi connectivity index (χ4v) is 2.19. The number of amides is 1. The molecule has 0 atom stereocenters. The van der Waals surface area contributed by atoms with Crippen molar-refractivity contribution in [3.63, 3.8) is 0 Å². The van der Waals surface area contributed by atoms with Crippen LogP contribution in [0.15, 0.2) is 16.3 Å². The van der Waals surface area contributed by atoms with Gasteiger partial charge in [0.15, 0.2) is 0 Å². The highest BCUT2D eigenvalue weighted by molar-refractivity contribution is 7.80. The zero-order valence-corrected chi connectivity index (χ0v) is 10.5. The van der Waals surface area contributed by atoms with Crippen LogP contribution in [-0.4, -0.2) is 25.5 Å². The first-order valence-electron chi connectivity index (χ1n) is 5.00. The zero-order chi connectivity index (χ0) is 11.1. The van der Waals surface area contributed by atoms with Crippen molar-refractivity contribution in [2.45, 2.75) is 18.2 Å². The first kappa shape index (κ1) is 12.5. The second-order valence-electron chi connectivity index (χ2n) is 3.13. The average molecular weight is 244 g/mol. The molecule has 1 rings (SSSR count). The van der Waals surface area contributed by atoms with Crippen LogP contribution < -0.4 is 10.6 Å². The van der Waals surface area contributed by atoms with E-state index in [-0.39, 0.29) is 5.91 Å². The third-order valence-electron chi connectivity index (χ3n) is 1.88. The monoisotopic (exact) mass is 244 g/mol. The Bertz CT molecular complexity index is 312. The number of carbonyl (C=O) groups excluding carboxylic acids is 1.